The quantitative estimate of drug-likeness (QED) is 0.738. The van der Waals surface area contributed by atoms with Crippen molar-refractivity contribution >= 4 is 5.91 Å². The summed E-state index contributed by atoms with van der Waals surface area (Å²) >= 11 is 0. The third-order valence-electron chi connectivity index (χ3n) is 4.98. The molecule has 0 aliphatic carbocycles. The summed E-state index contributed by atoms with van der Waals surface area (Å²) in [5.41, 5.74) is 3.88. The Morgan fingerprint density at radius 3 is 2.14 bits per heavy atom. The molecule has 2 aromatic rings. The van der Waals surface area contributed by atoms with Crippen molar-refractivity contribution in [3.05, 3.63) is 65.2 Å². The molecule has 0 spiro atoms. The van der Waals surface area contributed by atoms with Crippen LogP contribution >= 0.6 is 0 Å². The number of nitrogens with one attached hydrogen (secondary N) is 1. The van der Waals surface area contributed by atoms with E-state index < -0.39 is 0 Å². The van der Waals surface area contributed by atoms with Gasteiger partial charge in [0.05, 0.1) is 6.04 Å². The van der Waals surface area contributed by atoms with E-state index in [1.807, 2.05) is 38.4 Å². The molecule has 2 rings (SSSR count). The summed E-state index contributed by atoms with van der Waals surface area (Å²) in [5.74, 6) is 0.604. The Kier molecular flexibility index (Phi) is 7.64. The van der Waals surface area contributed by atoms with Gasteiger partial charge in [-0.2, -0.15) is 0 Å². The Bertz CT molecular complexity index is 744. The van der Waals surface area contributed by atoms with Crippen LogP contribution in [0.4, 0.5) is 0 Å². The standard InChI is InChI=1S/C24H34N2O2/c1-7-18-8-14-21(15-9-18)28-17-23(27)25-16-22(26(5)6)19-10-12-20(13-11-19)24(2,3)4/h8-15,22H,7,16-17H2,1-6H3,(H,25,27). The maximum absolute atomic E-state index is 12.2. The van der Waals surface area contributed by atoms with Gasteiger partial charge in [0.1, 0.15) is 5.75 Å². The molecule has 152 valence electrons. The Morgan fingerprint density at radius 1 is 1.04 bits per heavy atom. The molecule has 0 radical (unpaired) electrons. The van der Waals surface area contributed by atoms with Crippen LogP contribution in [0.3, 0.4) is 0 Å². The monoisotopic (exact) mass is 382 g/mol. The highest BCUT2D eigenvalue weighted by Crippen LogP contribution is 2.25. The first-order chi connectivity index (χ1) is 13.2. The zero-order valence-corrected chi connectivity index (χ0v) is 18.1. The van der Waals surface area contributed by atoms with Crippen LogP contribution in [-0.4, -0.2) is 38.1 Å². The molecule has 0 aromatic heterocycles. The Labute approximate surface area is 169 Å². The van der Waals surface area contributed by atoms with Gasteiger partial charge in [-0.1, -0.05) is 64.1 Å². The zero-order valence-electron chi connectivity index (χ0n) is 18.1. The molecule has 28 heavy (non-hydrogen) atoms. The summed E-state index contributed by atoms with van der Waals surface area (Å²) in [6.07, 6.45) is 0.990. The lowest BCUT2D eigenvalue weighted by molar-refractivity contribution is -0.123. The van der Waals surface area contributed by atoms with Crippen molar-refractivity contribution < 1.29 is 9.53 Å². The summed E-state index contributed by atoms with van der Waals surface area (Å²) in [5, 5.41) is 2.99. The number of ether oxygens (including phenoxy) is 1. The number of nitrogens with zero attached hydrogens (tertiary/aromatic N) is 1. The highest BCUT2D eigenvalue weighted by Gasteiger charge is 2.18. The first-order valence-electron chi connectivity index (χ1n) is 9.96. The van der Waals surface area contributed by atoms with Crippen LogP contribution in [0.1, 0.15) is 50.4 Å². The number of hydrogen-bond acceptors (Lipinski definition) is 3. The lowest BCUT2D eigenvalue weighted by atomic mass is 9.86. The van der Waals surface area contributed by atoms with Gasteiger partial charge in [-0.25, -0.2) is 0 Å². The largest absolute Gasteiger partial charge is 0.484 e. The SMILES string of the molecule is CCc1ccc(OCC(=O)NCC(c2ccc(C(C)(C)C)cc2)N(C)C)cc1. The zero-order chi connectivity index (χ0) is 20.7. The number of rotatable bonds is 8. The van der Waals surface area contributed by atoms with Gasteiger partial charge in [0.2, 0.25) is 0 Å². The van der Waals surface area contributed by atoms with Crippen LogP contribution < -0.4 is 10.1 Å². The van der Waals surface area contributed by atoms with Crippen molar-refractivity contribution in [2.75, 3.05) is 27.2 Å². The van der Waals surface area contributed by atoms with Crippen molar-refractivity contribution in [1.29, 1.82) is 0 Å². The maximum Gasteiger partial charge on any atom is 0.258 e. The number of benzene rings is 2. The number of hydrogen-bond donors (Lipinski definition) is 1. The second-order valence-electron chi connectivity index (χ2n) is 8.44. The molecule has 0 bridgehead atoms. The molecule has 0 saturated carbocycles. The van der Waals surface area contributed by atoms with Gasteiger partial charge >= 0.3 is 0 Å². The highest BCUT2D eigenvalue weighted by molar-refractivity contribution is 5.77. The van der Waals surface area contributed by atoms with Crippen LogP contribution in [0.2, 0.25) is 0 Å². The molecule has 4 nitrogen and oxygen atoms in total. The Balaban J connectivity index is 1.90. The molecule has 0 aliphatic rings. The Morgan fingerprint density at radius 2 is 1.64 bits per heavy atom. The molecule has 1 N–H and O–H groups in total. The number of carbonyl (C=O) groups is 1. The fourth-order valence-corrected chi connectivity index (χ4v) is 3.04. The molecule has 2 aromatic carbocycles. The lowest BCUT2D eigenvalue weighted by Crippen LogP contribution is -2.36. The summed E-state index contributed by atoms with van der Waals surface area (Å²) in [7, 11) is 4.06. The highest BCUT2D eigenvalue weighted by atomic mass is 16.5. The van der Waals surface area contributed by atoms with Gasteiger partial charge in [-0.05, 0) is 54.8 Å². The average molecular weight is 383 g/mol. The van der Waals surface area contributed by atoms with Crippen LogP contribution in [0.5, 0.6) is 5.75 Å². The van der Waals surface area contributed by atoms with Gasteiger partial charge in [0.15, 0.2) is 6.61 Å². The van der Waals surface area contributed by atoms with Gasteiger partial charge in [-0.3, -0.25) is 4.79 Å². The van der Waals surface area contributed by atoms with E-state index in [1.54, 1.807) is 0 Å². The number of carbonyl (C=O) groups excluding carboxylic acids is 1. The molecule has 0 fully saturated rings. The van der Waals surface area contributed by atoms with Crippen LogP contribution in [-0.2, 0) is 16.6 Å². The normalized spacial score (nSPS) is 12.7. The molecule has 1 amide bonds. The first kappa shape index (κ1) is 22.0. The van der Waals surface area contributed by atoms with Crippen molar-refractivity contribution in [3.63, 3.8) is 0 Å². The minimum Gasteiger partial charge on any atom is -0.484 e. The lowest BCUT2D eigenvalue weighted by Gasteiger charge is -2.26. The molecule has 4 heteroatoms. The number of amides is 1. The van der Waals surface area contributed by atoms with Crippen LogP contribution in [0.25, 0.3) is 0 Å². The maximum atomic E-state index is 12.2. The molecule has 1 atom stereocenters. The molecular weight excluding hydrogens is 348 g/mol. The molecular formula is C24H34N2O2. The number of aryl methyl sites for hydroxylation is 1. The van der Waals surface area contributed by atoms with Crippen molar-refractivity contribution in [1.82, 2.24) is 10.2 Å². The second kappa shape index (κ2) is 9.74. The van der Waals surface area contributed by atoms with E-state index in [9.17, 15) is 4.79 Å². The van der Waals surface area contributed by atoms with E-state index in [-0.39, 0.29) is 24.0 Å². The molecule has 0 aliphatic heterocycles. The molecule has 0 heterocycles. The van der Waals surface area contributed by atoms with Gasteiger partial charge < -0.3 is 15.0 Å². The minimum absolute atomic E-state index is 0.0224. The number of likely N-dealkylation sites (N-methyl/N-ethyl adjacent to an activating group) is 1. The van der Waals surface area contributed by atoms with E-state index in [0.717, 1.165) is 6.42 Å². The fourth-order valence-electron chi connectivity index (χ4n) is 3.04. The van der Waals surface area contributed by atoms with E-state index in [4.69, 9.17) is 4.74 Å². The summed E-state index contributed by atoms with van der Waals surface area (Å²) in [6, 6.07) is 16.6. The third kappa shape index (κ3) is 6.38. The summed E-state index contributed by atoms with van der Waals surface area (Å²) in [4.78, 5) is 14.4. The van der Waals surface area contributed by atoms with Crippen molar-refractivity contribution in [3.8, 4) is 5.75 Å². The average Bonchev–Trinajstić information content (AvgIpc) is 2.66. The second-order valence-corrected chi connectivity index (χ2v) is 8.44. The van der Waals surface area contributed by atoms with Crippen molar-refractivity contribution in [2.24, 2.45) is 0 Å². The predicted octanol–water partition coefficient (Wildman–Crippen LogP) is 4.34. The van der Waals surface area contributed by atoms with E-state index in [1.165, 1.54) is 16.7 Å². The third-order valence-corrected chi connectivity index (χ3v) is 4.98. The van der Waals surface area contributed by atoms with Gasteiger partial charge in [-0.15, -0.1) is 0 Å². The van der Waals surface area contributed by atoms with Gasteiger partial charge in [0.25, 0.3) is 5.91 Å². The van der Waals surface area contributed by atoms with Crippen LogP contribution in [0, 0.1) is 0 Å². The van der Waals surface area contributed by atoms with E-state index in [0.29, 0.717) is 12.3 Å². The summed E-state index contributed by atoms with van der Waals surface area (Å²) in [6.45, 7) is 9.30. The van der Waals surface area contributed by atoms with Crippen LogP contribution in [0.15, 0.2) is 48.5 Å². The first-order valence-corrected chi connectivity index (χ1v) is 9.96. The molecule has 0 saturated heterocycles. The minimum atomic E-state index is -0.113. The summed E-state index contributed by atoms with van der Waals surface area (Å²) < 4.78 is 5.59. The van der Waals surface area contributed by atoms with Crippen molar-refractivity contribution in [2.45, 2.75) is 45.6 Å². The predicted molar refractivity (Wildman–Crippen MR) is 116 cm³/mol. The topological polar surface area (TPSA) is 41.6 Å². The van der Waals surface area contributed by atoms with Gasteiger partial charge in [0, 0.05) is 6.54 Å². The van der Waals surface area contributed by atoms with E-state index >= 15 is 0 Å². The smallest absolute Gasteiger partial charge is 0.258 e. The fraction of sp³-hybridized carbons (Fsp3) is 0.458. The Hall–Kier alpha value is -2.33. The van der Waals surface area contributed by atoms with E-state index in [2.05, 4.69) is 62.2 Å². The molecule has 1 unspecified atom stereocenters.